The standard InChI is InChI=1S/C15H22N2O3S/c1-5-10-17(21(4,19)20)11-9-15(18)16-14-8-6-7-12(2)13(14)3/h5-8H,1,9-11H2,2-4H3,(H,16,18). The van der Waals surface area contributed by atoms with E-state index in [0.717, 1.165) is 23.1 Å². The smallest absolute Gasteiger partial charge is 0.225 e. The van der Waals surface area contributed by atoms with E-state index in [1.165, 1.54) is 10.4 Å². The van der Waals surface area contributed by atoms with Gasteiger partial charge in [-0.1, -0.05) is 18.2 Å². The molecular weight excluding hydrogens is 288 g/mol. The fourth-order valence-corrected chi connectivity index (χ4v) is 2.66. The number of hydrogen-bond acceptors (Lipinski definition) is 3. The molecule has 0 unspecified atom stereocenters. The summed E-state index contributed by atoms with van der Waals surface area (Å²) in [6.45, 7) is 7.78. The Labute approximate surface area is 126 Å². The summed E-state index contributed by atoms with van der Waals surface area (Å²) in [7, 11) is -3.33. The van der Waals surface area contributed by atoms with Gasteiger partial charge in [-0.3, -0.25) is 4.79 Å². The zero-order valence-corrected chi connectivity index (χ0v) is 13.5. The third-order valence-corrected chi connectivity index (χ3v) is 4.54. The fourth-order valence-electron chi connectivity index (χ4n) is 1.86. The van der Waals surface area contributed by atoms with Crippen molar-refractivity contribution in [2.45, 2.75) is 20.3 Å². The molecule has 0 saturated heterocycles. The molecule has 1 amide bonds. The third kappa shape index (κ3) is 5.32. The maximum absolute atomic E-state index is 12.0. The molecular formula is C15H22N2O3S. The highest BCUT2D eigenvalue weighted by Gasteiger charge is 2.16. The number of nitrogens with one attached hydrogen (secondary N) is 1. The summed E-state index contributed by atoms with van der Waals surface area (Å²) in [6.07, 6.45) is 2.73. The number of aryl methyl sites for hydroxylation is 1. The first kappa shape index (κ1) is 17.4. The average Bonchev–Trinajstić information content (AvgIpc) is 2.38. The molecule has 0 aliphatic carbocycles. The van der Waals surface area contributed by atoms with E-state index in [-0.39, 0.29) is 25.4 Å². The van der Waals surface area contributed by atoms with Gasteiger partial charge in [0, 0.05) is 25.2 Å². The van der Waals surface area contributed by atoms with Crippen molar-refractivity contribution in [3.05, 3.63) is 42.0 Å². The van der Waals surface area contributed by atoms with Crippen LogP contribution in [0.25, 0.3) is 0 Å². The molecule has 0 aromatic heterocycles. The van der Waals surface area contributed by atoms with Crippen LogP contribution in [-0.2, 0) is 14.8 Å². The molecule has 1 rings (SSSR count). The molecule has 1 aromatic rings. The lowest BCUT2D eigenvalue weighted by molar-refractivity contribution is -0.116. The van der Waals surface area contributed by atoms with E-state index in [0.29, 0.717) is 0 Å². The fraction of sp³-hybridized carbons (Fsp3) is 0.400. The molecule has 1 N–H and O–H groups in total. The van der Waals surface area contributed by atoms with Gasteiger partial charge in [-0.2, -0.15) is 4.31 Å². The van der Waals surface area contributed by atoms with Crippen LogP contribution in [0.5, 0.6) is 0 Å². The minimum absolute atomic E-state index is 0.105. The Hall–Kier alpha value is -1.66. The van der Waals surface area contributed by atoms with Crippen molar-refractivity contribution in [1.82, 2.24) is 4.31 Å². The molecule has 0 fully saturated rings. The number of hydrogen-bond donors (Lipinski definition) is 1. The van der Waals surface area contributed by atoms with Crippen LogP contribution >= 0.6 is 0 Å². The van der Waals surface area contributed by atoms with Crippen LogP contribution in [0.15, 0.2) is 30.9 Å². The highest BCUT2D eigenvalue weighted by atomic mass is 32.2. The number of nitrogens with zero attached hydrogens (tertiary/aromatic N) is 1. The predicted molar refractivity (Wildman–Crippen MR) is 85.8 cm³/mol. The predicted octanol–water partition coefficient (Wildman–Crippen LogP) is 2.08. The number of carbonyl (C=O) groups is 1. The van der Waals surface area contributed by atoms with Gasteiger partial charge in [0.1, 0.15) is 0 Å². The molecule has 116 valence electrons. The van der Waals surface area contributed by atoms with Crippen molar-refractivity contribution in [3.63, 3.8) is 0 Å². The SMILES string of the molecule is C=CCN(CCC(=O)Nc1cccc(C)c1C)S(C)(=O)=O. The van der Waals surface area contributed by atoms with E-state index in [1.54, 1.807) is 0 Å². The molecule has 0 saturated carbocycles. The maximum Gasteiger partial charge on any atom is 0.225 e. The number of amides is 1. The summed E-state index contributed by atoms with van der Waals surface area (Å²) >= 11 is 0. The van der Waals surface area contributed by atoms with Crippen molar-refractivity contribution in [2.75, 3.05) is 24.7 Å². The Balaban J connectivity index is 2.65. The van der Waals surface area contributed by atoms with Crippen LogP contribution < -0.4 is 5.32 Å². The monoisotopic (exact) mass is 310 g/mol. The molecule has 0 atom stereocenters. The van der Waals surface area contributed by atoms with Gasteiger partial charge in [0.15, 0.2) is 0 Å². The van der Waals surface area contributed by atoms with Gasteiger partial charge >= 0.3 is 0 Å². The Morgan fingerprint density at radius 1 is 1.38 bits per heavy atom. The largest absolute Gasteiger partial charge is 0.326 e. The summed E-state index contributed by atoms with van der Waals surface area (Å²) in [4.78, 5) is 12.0. The highest BCUT2D eigenvalue weighted by molar-refractivity contribution is 7.88. The summed E-state index contributed by atoms with van der Waals surface area (Å²) < 4.78 is 24.3. The zero-order chi connectivity index (χ0) is 16.0. The molecule has 0 bridgehead atoms. The van der Waals surface area contributed by atoms with Crippen molar-refractivity contribution in [2.24, 2.45) is 0 Å². The van der Waals surface area contributed by atoms with Gasteiger partial charge in [-0.15, -0.1) is 6.58 Å². The second-order valence-corrected chi connectivity index (χ2v) is 6.94. The van der Waals surface area contributed by atoms with Gasteiger partial charge < -0.3 is 5.32 Å². The number of carbonyl (C=O) groups excluding carboxylic acids is 1. The van der Waals surface area contributed by atoms with Crippen molar-refractivity contribution in [1.29, 1.82) is 0 Å². The Morgan fingerprint density at radius 3 is 2.62 bits per heavy atom. The minimum Gasteiger partial charge on any atom is -0.326 e. The molecule has 0 aliphatic rings. The van der Waals surface area contributed by atoms with E-state index >= 15 is 0 Å². The minimum atomic E-state index is -3.33. The topological polar surface area (TPSA) is 66.5 Å². The van der Waals surface area contributed by atoms with Crippen LogP contribution in [0.4, 0.5) is 5.69 Å². The lowest BCUT2D eigenvalue weighted by Crippen LogP contribution is -2.33. The maximum atomic E-state index is 12.0. The van der Waals surface area contributed by atoms with E-state index in [2.05, 4.69) is 11.9 Å². The first-order valence-electron chi connectivity index (χ1n) is 6.67. The van der Waals surface area contributed by atoms with Crippen molar-refractivity contribution >= 4 is 21.6 Å². The van der Waals surface area contributed by atoms with Crippen LogP contribution in [0.3, 0.4) is 0 Å². The van der Waals surface area contributed by atoms with Crippen molar-refractivity contribution < 1.29 is 13.2 Å². The first-order valence-corrected chi connectivity index (χ1v) is 8.52. The summed E-state index contributed by atoms with van der Waals surface area (Å²) in [5.74, 6) is -0.207. The number of benzene rings is 1. The lowest BCUT2D eigenvalue weighted by Gasteiger charge is -2.18. The Kier molecular flexibility index (Phi) is 6.11. The highest BCUT2D eigenvalue weighted by Crippen LogP contribution is 2.18. The van der Waals surface area contributed by atoms with Gasteiger partial charge in [0.2, 0.25) is 15.9 Å². The molecule has 0 spiro atoms. The van der Waals surface area contributed by atoms with Crippen LogP contribution in [0, 0.1) is 13.8 Å². The molecule has 5 nitrogen and oxygen atoms in total. The van der Waals surface area contributed by atoms with E-state index in [1.807, 2.05) is 32.0 Å². The van der Waals surface area contributed by atoms with E-state index < -0.39 is 10.0 Å². The third-order valence-electron chi connectivity index (χ3n) is 3.27. The van der Waals surface area contributed by atoms with E-state index in [4.69, 9.17) is 0 Å². The van der Waals surface area contributed by atoms with Gasteiger partial charge in [0.05, 0.1) is 6.26 Å². The number of sulfonamides is 1. The molecule has 0 heterocycles. The number of rotatable bonds is 7. The molecule has 0 radical (unpaired) electrons. The normalized spacial score (nSPS) is 11.4. The first-order chi connectivity index (χ1) is 9.75. The summed E-state index contributed by atoms with van der Waals surface area (Å²) in [5, 5.41) is 2.81. The van der Waals surface area contributed by atoms with Gasteiger partial charge in [0.25, 0.3) is 0 Å². The number of anilines is 1. The van der Waals surface area contributed by atoms with Crippen molar-refractivity contribution in [3.8, 4) is 0 Å². The lowest BCUT2D eigenvalue weighted by atomic mass is 10.1. The van der Waals surface area contributed by atoms with Gasteiger partial charge in [-0.05, 0) is 31.0 Å². The Morgan fingerprint density at radius 2 is 2.05 bits per heavy atom. The quantitative estimate of drug-likeness (QED) is 0.784. The molecule has 0 aliphatic heterocycles. The average molecular weight is 310 g/mol. The summed E-state index contributed by atoms with van der Waals surface area (Å²) in [6, 6.07) is 5.68. The zero-order valence-electron chi connectivity index (χ0n) is 12.7. The van der Waals surface area contributed by atoms with Crippen LogP contribution in [-0.4, -0.2) is 38.0 Å². The molecule has 21 heavy (non-hydrogen) atoms. The van der Waals surface area contributed by atoms with Gasteiger partial charge in [-0.25, -0.2) is 8.42 Å². The van der Waals surface area contributed by atoms with E-state index in [9.17, 15) is 13.2 Å². The van der Waals surface area contributed by atoms with Crippen LogP contribution in [0.1, 0.15) is 17.5 Å². The molecule has 1 aromatic carbocycles. The second-order valence-electron chi connectivity index (χ2n) is 4.96. The second kappa shape index (κ2) is 7.38. The van der Waals surface area contributed by atoms with Crippen LogP contribution in [0.2, 0.25) is 0 Å². The summed E-state index contributed by atoms with van der Waals surface area (Å²) in [5.41, 5.74) is 2.86. The Bertz CT molecular complexity index is 624. The molecule has 6 heteroatoms.